The number of fused-ring (bicyclic) bond motifs is 4. The van der Waals surface area contributed by atoms with E-state index in [1.54, 1.807) is 16.1 Å². The van der Waals surface area contributed by atoms with E-state index in [1.807, 2.05) is 40.1 Å². The van der Waals surface area contributed by atoms with Gasteiger partial charge in [0.05, 0.1) is 13.2 Å². The van der Waals surface area contributed by atoms with Gasteiger partial charge in [-0.05, 0) is 30.5 Å². The normalized spacial score (nSPS) is 28.8. The molecule has 0 fully saturated rings. The van der Waals surface area contributed by atoms with E-state index >= 15 is 0 Å². The van der Waals surface area contributed by atoms with Crippen molar-refractivity contribution in [3.63, 3.8) is 0 Å². The highest BCUT2D eigenvalue weighted by Crippen LogP contribution is 2.45. The van der Waals surface area contributed by atoms with Crippen molar-refractivity contribution >= 4 is 29.4 Å². The molecular weight excluding hydrogens is 394 g/mol. The van der Waals surface area contributed by atoms with Crippen LogP contribution in [0.1, 0.15) is 43.0 Å². The van der Waals surface area contributed by atoms with E-state index in [0.29, 0.717) is 5.95 Å². The Balaban J connectivity index is 1.65. The van der Waals surface area contributed by atoms with E-state index in [4.69, 9.17) is 10.4 Å². The fraction of sp³-hybridized carbons (Fsp3) is 0.409. The quantitative estimate of drug-likeness (QED) is 0.352. The number of hydrogen-bond donors (Lipinski definition) is 4. The zero-order valence-electron chi connectivity index (χ0n) is 18.2. The van der Waals surface area contributed by atoms with E-state index in [2.05, 4.69) is 11.1 Å². The molecule has 0 radical (unpaired) electrons. The van der Waals surface area contributed by atoms with E-state index in [-0.39, 0.29) is 11.2 Å². The molecule has 5 atom stereocenters. The molecule has 1 aromatic heterocycles. The van der Waals surface area contributed by atoms with Crippen LogP contribution < -0.4 is 20.0 Å². The smallest absolute Gasteiger partial charge is 0.278 e. The first-order chi connectivity index (χ1) is 14.9. The molecule has 0 amide bonds. The number of aliphatic hydroxyl groups excluding tert-OH is 1. The maximum absolute atomic E-state index is 13.6. The molecule has 3 aliphatic rings. The van der Waals surface area contributed by atoms with Crippen molar-refractivity contribution in [1.82, 2.24) is 9.97 Å². The SMILES string of the molecule is CCC=C(C=N)C1c2ccc3c(c2[NH+]([O-])N1c1ncc2c(n1)[NH+](C)C(C)C(O)N2C)C3. The molecule has 31 heavy (non-hydrogen) atoms. The van der Waals surface area contributed by atoms with Gasteiger partial charge in [0.25, 0.3) is 11.8 Å². The molecule has 0 spiro atoms. The summed E-state index contributed by atoms with van der Waals surface area (Å²) in [6, 6.07) is 3.60. The van der Waals surface area contributed by atoms with Gasteiger partial charge in [-0.15, -0.1) is 0 Å². The van der Waals surface area contributed by atoms with Crippen molar-refractivity contribution in [2.24, 2.45) is 0 Å². The molecule has 162 valence electrons. The second-order valence-electron chi connectivity index (χ2n) is 8.58. The van der Waals surface area contributed by atoms with Crippen LogP contribution in [-0.4, -0.2) is 47.7 Å². The largest absolute Gasteiger partial charge is 0.602 e. The van der Waals surface area contributed by atoms with Crippen molar-refractivity contribution in [2.45, 2.75) is 45.0 Å². The van der Waals surface area contributed by atoms with E-state index < -0.39 is 12.3 Å². The topological polar surface area (TPSA) is 108 Å². The van der Waals surface area contributed by atoms with Crippen molar-refractivity contribution in [1.29, 1.82) is 5.41 Å². The monoisotopic (exact) mass is 422 g/mol. The van der Waals surface area contributed by atoms with Crippen LogP contribution >= 0.6 is 0 Å². The van der Waals surface area contributed by atoms with E-state index in [0.717, 1.165) is 51.6 Å². The maximum Gasteiger partial charge on any atom is 0.278 e. The lowest BCUT2D eigenvalue weighted by molar-refractivity contribution is -0.846. The van der Waals surface area contributed by atoms with Crippen molar-refractivity contribution in [2.75, 3.05) is 24.0 Å². The Kier molecular flexibility index (Phi) is 4.60. The number of rotatable bonds is 4. The summed E-state index contributed by atoms with van der Waals surface area (Å²) in [4.78, 5) is 12.1. The van der Waals surface area contributed by atoms with Crippen LogP contribution in [-0.2, 0) is 6.42 Å². The zero-order valence-corrected chi connectivity index (χ0v) is 18.2. The van der Waals surface area contributed by atoms with Gasteiger partial charge in [-0.2, -0.15) is 9.99 Å². The molecule has 0 saturated carbocycles. The lowest BCUT2D eigenvalue weighted by atomic mass is 9.98. The van der Waals surface area contributed by atoms with Gasteiger partial charge in [-0.1, -0.05) is 19.1 Å². The number of nitrogens with zero attached hydrogens (tertiary/aromatic N) is 4. The molecule has 9 nitrogen and oxygen atoms in total. The molecule has 0 bridgehead atoms. The van der Waals surface area contributed by atoms with Crippen molar-refractivity contribution < 1.29 is 15.2 Å². The molecule has 2 aromatic rings. The van der Waals surface area contributed by atoms with Crippen LogP contribution in [0.25, 0.3) is 0 Å². The first-order valence-corrected chi connectivity index (χ1v) is 10.7. The molecule has 2 aliphatic heterocycles. The van der Waals surface area contributed by atoms with Crippen LogP contribution in [0.15, 0.2) is 30.0 Å². The summed E-state index contributed by atoms with van der Waals surface area (Å²) in [5.74, 6) is 1.08. The predicted octanol–water partition coefficient (Wildman–Crippen LogP) is 0.160. The molecule has 4 N–H and O–H groups in total. The van der Waals surface area contributed by atoms with Crippen LogP contribution in [0.4, 0.5) is 23.1 Å². The minimum Gasteiger partial charge on any atom is -0.602 e. The highest BCUT2D eigenvalue weighted by molar-refractivity contribution is 5.82. The predicted molar refractivity (Wildman–Crippen MR) is 118 cm³/mol. The Morgan fingerprint density at radius 1 is 1.42 bits per heavy atom. The lowest BCUT2D eigenvalue weighted by Crippen LogP contribution is -3.11. The number of allylic oxidation sites excluding steroid dienone is 1. The van der Waals surface area contributed by atoms with Gasteiger partial charge in [0.1, 0.15) is 17.8 Å². The Labute approximate surface area is 181 Å². The number of likely N-dealkylation sites (N-methyl/N-ethyl adjacent to an activating group) is 2. The summed E-state index contributed by atoms with van der Waals surface area (Å²) in [7, 11) is 3.79. The number of hydrogen-bond acceptors (Lipinski definition) is 7. The maximum atomic E-state index is 13.6. The summed E-state index contributed by atoms with van der Waals surface area (Å²) in [5, 5.41) is 33.6. The lowest BCUT2D eigenvalue weighted by Gasteiger charge is -2.38. The number of benzene rings is 1. The first kappa shape index (κ1) is 20.1. The molecule has 1 aliphatic carbocycles. The molecule has 1 aromatic carbocycles. The van der Waals surface area contributed by atoms with Crippen molar-refractivity contribution in [3.8, 4) is 0 Å². The zero-order chi connectivity index (χ0) is 22.0. The first-order valence-electron chi connectivity index (χ1n) is 10.7. The number of aliphatic hydroxyl groups is 1. The molecule has 3 heterocycles. The van der Waals surface area contributed by atoms with Gasteiger partial charge >= 0.3 is 0 Å². The molecule has 5 unspecified atom stereocenters. The van der Waals surface area contributed by atoms with Gasteiger partial charge in [0, 0.05) is 30.8 Å². The standard InChI is InChI=1S/C22H27N7O2/c1-5-6-14(10-23)18-15-8-7-13-9-16(13)19(15)29(31)28(18)22-24-11-17-20(25-22)26(3)12(2)21(30)27(17)4/h6-8,10-12,18,21,23,29-30H,5,9H2,1-4H3/p+1. The number of nitrogens with one attached hydrogen (secondary N) is 3. The second kappa shape index (κ2) is 7.10. The highest BCUT2D eigenvalue weighted by Gasteiger charge is 2.47. The second-order valence-corrected chi connectivity index (χ2v) is 8.58. The number of anilines is 2. The summed E-state index contributed by atoms with van der Waals surface area (Å²) in [6.45, 7) is 3.99. The van der Waals surface area contributed by atoms with E-state index in [1.165, 1.54) is 11.8 Å². The van der Waals surface area contributed by atoms with Gasteiger partial charge < -0.3 is 20.6 Å². The Hall–Kier alpha value is -2.85. The third-order valence-electron chi connectivity index (χ3n) is 6.84. The molecular formula is C22H28N7O2+. The summed E-state index contributed by atoms with van der Waals surface area (Å²) >= 11 is 0. The average Bonchev–Trinajstić information content (AvgIpc) is 3.51. The Bertz CT molecular complexity index is 1100. The minimum atomic E-state index is -0.639. The van der Waals surface area contributed by atoms with Gasteiger partial charge in [-0.3, -0.25) is 4.90 Å². The third kappa shape index (κ3) is 2.81. The minimum absolute atomic E-state index is 0.0871. The van der Waals surface area contributed by atoms with Crippen LogP contribution in [0, 0.1) is 10.6 Å². The summed E-state index contributed by atoms with van der Waals surface area (Å²) in [5.41, 5.74) is 5.49. The molecule has 0 saturated heterocycles. The third-order valence-corrected chi connectivity index (χ3v) is 6.84. The summed E-state index contributed by atoms with van der Waals surface area (Å²) < 4.78 is 0. The molecule has 5 rings (SSSR count). The van der Waals surface area contributed by atoms with Crippen molar-refractivity contribution in [3.05, 3.63) is 51.9 Å². The fourth-order valence-electron chi connectivity index (χ4n) is 4.83. The Morgan fingerprint density at radius 2 is 2.19 bits per heavy atom. The number of aromatic nitrogens is 2. The number of quaternary nitrogens is 2. The average molecular weight is 423 g/mol. The van der Waals surface area contributed by atoms with E-state index in [9.17, 15) is 10.3 Å². The summed E-state index contributed by atoms with van der Waals surface area (Å²) in [6.07, 6.45) is 5.97. The van der Waals surface area contributed by atoms with Gasteiger partial charge in [-0.25, -0.2) is 10.2 Å². The fourth-order valence-corrected chi connectivity index (χ4v) is 4.83. The Morgan fingerprint density at radius 3 is 2.90 bits per heavy atom. The highest BCUT2D eigenvalue weighted by atomic mass is 16.6. The molecule has 9 heteroatoms. The van der Waals surface area contributed by atoms with Crippen LogP contribution in [0.5, 0.6) is 0 Å². The van der Waals surface area contributed by atoms with Gasteiger partial charge in [0.15, 0.2) is 11.9 Å². The van der Waals surface area contributed by atoms with Gasteiger partial charge in [0.2, 0.25) is 0 Å². The van der Waals surface area contributed by atoms with Crippen LogP contribution in [0.2, 0.25) is 0 Å². The van der Waals surface area contributed by atoms with Crippen LogP contribution in [0.3, 0.4) is 0 Å².